The molecular formula is C10H15Cl3N2O. The van der Waals surface area contributed by atoms with Crippen molar-refractivity contribution in [2.45, 2.75) is 36.2 Å². The summed E-state index contributed by atoms with van der Waals surface area (Å²) in [4.78, 5) is 3.96. The van der Waals surface area contributed by atoms with Gasteiger partial charge >= 0.3 is 0 Å². The number of hydrogen-bond acceptors (Lipinski definition) is 2. The Labute approximate surface area is 111 Å². The standard InChI is InChI=1S/C10H15Cl3N2O/c1-2-3-6-16-9(7-10(11,12)13)15-5-4-14-8-15/h4-5,8-9H,2-3,6-7H2,1H3. The molecule has 0 aliphatic carbocycles. The molecule has 1 aromatic rings. The van der Waals surface area contributed by atoms with Gasteiger partial charge in [0.2, 0.25) is 0 Å². The molecule has 0 bridgehead atoms. The first-order chi connectivity index (χ1) is 7.53. The van der Waals surface area contributed by atoms with Crippen LogP contribution in [0, 0.1) is 0 Å². The van der Waals surface area contributed by atoms with Gasteiger partial charge in [0.05, 0.1) is 6.33 Å². The van der Waals surface area contributed by atoms with Crippen molar-refractivity contribution in [1.29, 1.82) is 0 Å². The minimum absolute atomic E-state index is 0.276. The van der Waals surface area contributed by atoms with Gasteiger partial charge in [0.1, 0.15) is 6.23 Å². The normalized spacial score (nSPS) is 14.0. The molecule has 1 aromatic heterocycles. The Kier molecular flexibility index (Phi) is 5.90. The molecule has 1 atom stereocenters. The van der Waals surface area contributed by atoms with Gasteiger partial charge in [-0.05, 0) is 6.42 Å². The second-order valence-corrected chi connectivity index (χ2v) is 6.02. The van der Waals surface area contributed by atoms with Gasteiger partial charge in [-0.2, -0.15) is 0 Å². The largest absolute Gasteiger partial charge is 0.358 e. The molecular weight excluding hydrogens is 270 g/mol. The lowest BCUT2D eigenvalue weighted by Crippen LogP contribution is -2.19. The summed E-state index contributed by atoms with van der Waals surface area (Å²) < 4.78 is 6.16. The van der Waals surface area contributed by atoms with E-state index >= 15 is 0 Å². The lowest BCUT2D eigenvalue weighted by molar-refractivity contribution is -0.00413. The number of halogens is 3. The molecule has 6 heteroatoms. The first kappa shape index (κ1) is 14.1. The summed E-state index contributed by atoms with van der Waals surface area (Å²) >= 11 is 17.3. The van der Waals surface area contributed by atoms with Crippen molar-refractivity contribution in [3.8, 4) is 0 Å². The lowest BCUT2D eigenvalue weighted by atomic mass is 10.3. The lowest BCUT2D eigenvalue weighted by Gasteiger charge is -2.22. The van der Waals surface area contributed by atoms with E-state index in [4.69, 9.17) is 39.5 Å². The van der Waals surface area contributed by atoms with Crippen molar-refractivity contribution < 1.29 is 4.74 Å². The fraction of sp³-hybridized carbons (Fsp3) is 0.700. The zero-order chi connectivity index (χ0) is 12.0. The summed E-state index contributed by atoms with van der Waals surface area (Å²) in [7, 11) is 0. The Hall–Kier alpha value is 0.0400. The molecule has 0 saturated heterocycles. The number of hydrogen-bond donors (Lipinski definition) is 0. The van der Waals surface area contributed by atoms with Gasteiger partial charge in [0, 0.05) is 25.4 Å². The summed E-state index contributed by atoms with van der Waals surface area (Å²) in [5, 5.41) is 0. The van der Waals surface area contributed by atoms with Gasteiger partial charge in [0.15, 0.2) is 3.79 Å². The van der Waals surface area contributed by atoms with Crippen molar-refractivity contribution in [2.75, 3.05) is 6.61 Å². The molecule has 92 valence electrons. The molecule has 0 N–H and O–H groups in total. The summed E-state index contributed by atoms with van der Waals surface area (Å²) in [5.41, 5.74) is 0. The second-order valence-electron chi connectivity index (χ2n) is 3.51. The van der Waals surface area contributed by atoms with Crippen LogP contribution in [0.5, 0.6) is 0 Å². The van der Waals surface area contributed by atoms with Gasteiger partial charge in [-0.15, -0.1) is 0 Å². The summed E-state index contributed by atoms with van der Waals surface area (Å²) in [6.45, 7) is 2.75. The average Bonchev–Trinajstić information content (AvgIpc) is 2.67. The molecule has 0 aliphatic heterocycles. The first-order valence-electron chi connectivity index (χ1n) is 5.18. The Morgan fingerprint density at radius 3 is 2.69 bits per heavy atom. The third-order valence-corrected chi connectivity index (χ3v) is 2.53. The topological polar surface area (TPSA) is 27.1 Å². The van der Waals surface area contributed by atoms with Crippen LogP contribution in [-0.4, -0.2) is 20.0 Å². The number of rotatable bonds is 6. The van der Waals surface area contributed by atoms with E-state index in [0.29, 0.717) is 13.0 Å². The van der Waals surface area contributed by atoms with Crippen LogP contribution in [0.1, 0.15) is 32.4 Å². The zero-order valence-electron chi connectivity index (χ0n) is 9.07. The third kappa shape index (κ3) is 5.39. The minimum atomic E-state index is -1.32. The number of aromatic nitrogens is 2. The Morgan fingerprint density at radius 1 is 1.44 bits per heavy atom. The van der Waals surface area contributed by atoms with Crippen LogP contribution in [0.25, 0.3) is 0 Å². The highest BCUT2D eigenvalue weighted by molar-refractivity contribution is 6.67. The van der Waals surface area contributed by atoms with E-state index in [-0.39, 0.29) is 6.23 Å². The molecule has 1 rings (SSSR count). The number of alkyl halides is 3. The highest BCUT2D eigenvalue weighted by Gasteiger charge is 2.26. The smallest absolute Gasteiger partial charge is 0.194 e. The van der Waals surface area contributed by atoms with E-state index in [2.05, 4.69) is 11.9 Å². The molecule has 0 aliphatic rings. The van der Waals surface area contributed by atoms with Crippen LogP contribution in [0.3, 0.4) is 0 Å². The fourth-order valence-corrected chi connectivity index (χ4v) is 1.65. The molecule has 0 aromatic carbocycles. The molecule has 16 heavy (non-hydrogen) atoms. The van der Waals surface area contributed by atoms with Crippen molar-refractivity contribution >= 4 is 34.8 Å². The van der Waals surface area contributed by atoms with Crippen molar-refractivity contribution in [2.24, 2.45) is 0 Å². The van der Waals surface area contributed by atoms with E-state index in [1.165, 1.54) is 0 Å². The number of unbranched alkanes of at least 4 members (excludes halogenated alkanes) is 1. The SMILES string of the molecule is CCCCOC(CC(Cl)(Cl)Cl)n1ccnc1. The van der Waals surface area contributed by atoms with E-state index in [9.17, 15) is 0 Å². The quantitative estimate of drug-likeness (QED) is 0.584. The Balaban J connectivity index is 2.56. The van der Waals surface area contributed by atoms with Gasteiger partial charge in [-0.25, -0.2) is 4.98 Å². The van der Waals surface area contributed by atoms with Crippen molar-refractivity contribution in [1.82, 2.24) is 9.55 Å². The maximum absolute atomic E-state index is 5.77. The first-order valence-corrected chi connectivity index (χ1v) is 6.32. The number of nitrogens with zero attached hydrogens (tertiary/aromatic N) is 2. The molecule has 1 heterocycles. The Bertz CT molecular complexity index is 285. The summed E-state index contributed by atoms with van der Waals surface area (Å²) in [6, 6.07) is 0. The predicted molar refractivity (Wildman–Crippen MR) is 67.0 cm³/mol. The third-order valence-electron chi connectivity index (χ3n) is 2.07. The van der Waals surface area contributed by atoms with Gasteiger partial charge in [0.25, 0.3) is 0 Å². The van der Waals surface area contributed by atoms with Gasteiger partial charge in [-0.3, -0.25) is 0 Å². The van der Waals surface area contributed by atoms with Crippen LogP contribution in [0.2, 0.25) is 0 Å². The predicted octanol–water partition coefficient (Wildman–Crippen LogP) is 3.96. The number of ether oxygens (including phenoxy) is 1. The summed E-state index contributed by atoms with van der Waals surface area (Å²) in [6.07, 6.45) is 7.23. The monoisotopic (exact) mass is 284 g/mol. The molecule has 0 fully saturated rings. The maximum atomic E-state index is 5.77. The second kappa shape index (κ2) is 6.70. The molecule has 3 nitrogen and oxygen atoms in total. The summed E-state index contributed by atoms with van der Waals surface area (Å²) in [5.74, 6) is 0. The molecule has 1 unspecified atom stereocenters. The van der Waals surface area contributed by atoms with Crippen LogP contribution in [0.4, 0.5) is 0 Å². The van der Waals surface area contributed by atoms with Crippen LogP contribution in [0.15, 0.2) is 18.7 Å². The molecule has 0 saturated carbocycles. The van der Waals surface area contributed by atoms with E-state index in [0.717, 1.165) is 12.8 Å². The molecule has 0 amide bonds. The maximum Gasteiger partial charge on any atom is 0.194 e. The van der Waals surface area contributed by atoms with Crippen molar-refractivity contribution in [3.05, 3.63) is 18.7 Å². The minimum Gasteiger partial charge on any atom is -0.358 e. The van der Waals surface area contributed by atoms with Crippen molar-refractivity contribution in [3.63, 3.8) is 0 Å². The average molecular weight is 286 g/mol. The van der Waals surface area contributed by atoms with Gasteiger partial charge in [-0.1, -0.05) is 48.1 Å². The van der Waals surface area contributed by atoms with Crippen LogP contribution >= 0.6 is 34.8 Å². The van der Waals surface area contributed by atoms with E-state index < -0.39 is 3.79 Å². The highest BCUT2D eigenvalue weighted by Crippen LogP contribution is 2.35. The van der Waals surface area contributed by atoms with E-state index in [1.54, 1.807) is 23.3 Å². The molecule has 0 radical (unpaired) electrons. The number of imidazole rings is 1. The Morgan fingerprint density at radius 2 is 2.19 bits per heavy atom. The molecule has 0 spiro atoms. The highest BCUT2D eigenvalue weighted by atomic mass is 35.6. The van der Waals surface area contributed by atoms with Crippen LogP contribution < -0.4 is 0 Å². The van der Waals surface area contributed by atoms with Crippen LogP contribution in [-0.2, 0) is 4.74 Å². The zero-order valence-corrected chi connectivity index (χ0v) is 11.3. The van der Waals surface area contributed by atoms with E-state index in [1.807, 2.05) is 0 Å². The fourth-order valence-electron chi connectivity index (χ4n) is 1.25. The van der Waals surface area contributed by atoms with Gasteiger partial charge < -0.3 is 9.30 Å².